The number of nitrogens with zero attached hydrogens (tertiary/aromatic N) is 1. The maximum Gasteiger partial charge on any atom is 0.273 e. The van der Waals surface area contributed by atoms with Crippen molar-refractivity contribution in [2.75, 3.05) is 5.73 Å². The Balaban J connectivity index is 1.71. The normalized spacial score (nSPS) is 14.6. The van der Waals surface area contributed by atoms with Crippen molar-refractivity contribution in [1.82, 2.24) is 9.88 Å². The molecule has 0 aliphatic carbocycles. The van der Waals surface area contributed by atoms with Crippen molar-refractivity contribution < 1.29 is 4.79 Å². The third kappa shape index (κ3) is 3.92. The number of hydrogen-bond donors (Lipinski definition) is 2. The van der Waals surface area contributed by atoms with Gasteiger partial charge in [-0.05, 0) is 50.7 Å². The van der Waals surface area contributed by atoms with E-state index in [9.17, 15) is 9.59 Å². The molecule has 2 aromatic rings. The number of rotatable bonds is 5. The predicted molar refractivity (Wildman–Crippen MR) is 99.7 cm³/mol. The molecule has 1 aliphatic heterocycles. The van der Waals surface area contributed by atoms with Gasteiger partial charge in [-0.1, -0.05) is 30.3 Å². The van der Waals surface area contributed by atoms with Crippen LogP contribution >= 0.6 is 0 Å². The van der Waals surface area contributed by atoms with Crippen molar-refractivity contribution in [3.8, 4) is 0 Å². The molecule has 1 atom stereocenters. The van der Waals surface area contributed by atoms with Gasteiger partial charge in [-0.2, -0.15) is 0 Å². The summed E-state index contributed by atoms with van der Waals surface area (Å²) in [5.74, 6) is -0.141. The Morgan fingerprint density at radius 1 is 1.28 bits per heavy atom. The lowest BCUT2D eigenvalue weighted by Gasteiger charge is -2.22. The molecule has 3 N–H and O–H groups in total. The van der Waals surface area contributed by atoms with Gasteiger partial charge in [-0.25, -0.2) is 0 Å². The maximum atomic E-state index is 12.7. The number of carbonyl (C=O) groups is 1. The standard InChI is InChI=1S/C20H25N3O2/c1-14(10-11-15-7-3-2-4-8-15)22-19(24)16-13-17(21)20(25)23-12-6-5-9-18(16)23/h2-4,7-8,13-14H,5-6,9-12,21H2,1H3,(H,22,24). The highest BCUT2D eigenvalue weighted by Crippen LogP contribution is 2.19. The topological polar surface area (TPSA) is 77.1 Å². The number of amides is 1. The number of anilines is 1. The molecule has 1 aromatic heterocycles. The lowest BCUT2D eigenvalue weighted by molar-refractivity contribution is 0.0936. The molecule has 0 saturated carbocycles. The minimum Gasteiger partial charge on any atom is -0.394 e. The van der Waals surface area contributed by atoms with Crippen molar-refractivity contribution in [2.45, 2.75) is 51.6 Å². The molecule has 1 aliphatic rings. The molecule has 0 fully saturated rings. The Hall–Kier alpha value is -2.56. The zero-order chi connectivity index (χ0) is 17.8. The van der Waals surface area contributed by atoms with Crippen molar-refractivity contribution in [3.63, 3.8) is 0 Å². The van der Waals surface area contributed by atoms with Crippen LogP contribution in [0, 0.1) is 0 Å². The van der Waals surface area contributed by atoms with E-state index in [1.807, 2.05) is 25.1 Å². The van der Waals surface area contributed by atoms with Crippen LogP contribution in [0.25, 0.3) is 0 Å². The van der Waals surface area contributed by atoms with Crippen molar-refractivity contribution in [2.24, 2.45) is 0 Å². The highest BCUT2D eigenvalue weighted by molar-refractivity contribution is 5.96. The zero-order valence-corrected chi connectivity index (χ0v) is 14.6. The summed E-state index contributed by atoms with van der Waals surface area (Å²) in [6.07, 6.45) is 4.46. The zero-order valence-electron chi connectivity index (χ0n) is 14.6. The number of hydrogen-bond acceptors (Lipinski definition) is 3. The molecule has 1 unspecified atom stereocenters. The number of aromatic nitrogens is 1. The van der Waals surface area contributed by atoms with E-state index in [4.69, 9.17) is 5.73 Å². The van der Waals surface area contributed by atoms with E-state index in [-0.39, 0.29) is 23.2 Å². The van der Waals surface area contributed by atoms with Crippen LogP contribution in [0.5, 0.6) is 0 Å². The highest BCUT2D eigenvalue weighted by atomic mass is 16.2. The van der Waals surface area contributed by atoms with Gasteiger partial charge in [0.15, 0.2) is 0 Å². The Kier molecular flexibility index (Phi) is 5.22. The van der Waals surface area contributed by atoms with Crippen molar-refractivity contribution >= 4 is 11.6 Å². The van der Waals surface area contributed by atoms with Crippen LogP contribution in [-0.4, -0.2) is 16.5 Å². The van der Waals surface area contributed by atoms with E-state index < -0.39 is 0 Å². The van der Waals surface area contributed by atoms with E-state index in [1.54, 1.807) is 10.6 Å². The van der Waals surface area contributed by atoms with Crippen LogP contribution in [0.2, 0.25) is 0 Å². The number of pyridine rings is 1. The van der Waals surface area contributed by atoms with E-state index in [0.717, 1.165) is 37.8 Å². The lowest BCUT2D eigenvalue weighted by atomic mass is 10.0. The Labute approximate surface area is 147 Å². The fraction of sp³-hybridized carbons (Fsp3) is 0.400. The minimum atomic E-state index is -0.177. The quantitative estimate of drug-likeness (QED) is 0.879. The molecule has 0 bridgehead atoms. The van der Waals surface area contributed by atoms with Gasteiger partial charge < -0.3 is 15.6 Å². The average Bonchev–Trinajstić information content (AvgIpc) is 2.64. The van der Waals surface area contributed by atoms with Crippen LogP contribution in [0.15, 0.2) is 41.2 Å². The predicted octanol–water partition coefficient (Wildman–Crippen LogP) is 2.52. The summed E-state index contributed by atoms with van der Waals surface area (Å²) in [4.78, 5) is 24.9. The number of fused-ring (bicyclic) bond motifs is 1. The SMILES string of the molecule is CC(CCc1ccccc1)NC(=O)c1cc(N)c(=O)n2c1CCCC2. The van der Waals surface area contributed by atoms with Crippen molar-refractivity contribution in [1.29, 1.82) is 0 Å². The van der Waals surface area contributed by atoms with Crippen LogP contribution in [0.4, 0.5) is 5.69 Å². The molecule has 0 saturated heterocycles. The number of nitrogens with one attached hydrogen (secondary N) is 1. The lowest BCUT2D eigenvalue weighted by Crippen LogP contribution is -2.37. The number of carbonyl (C=O) groups excluding carboxylic acids is 1. The molecule has 0 spiro atoms. The number of benzene rings is 1. The summed E-state index contributed by atoms with van der Waals surface area (Å²) in [5, 5.41) is 3.05. The second kappa shape index (κ2) is 7.55. The maximum absolute atomic E-state index is 12.7. The third-order valence-corrected chi connectivity index (χ3v) is 4.80. The van der Waals surface area contributed by atoms with Gasteiger partial charge >= 0.3 is 0 Å². The second-order valence-corrected chi connectivity index (χ2v) is 6.77. The fourth-order valence-electron chi connectivity index (χ4n) is 3.39. The molecule has 2 heterocycles. The first-order valence-corrected chi connectivity index (χ1v) is 8.93. The molecule has 3 rings (SSSR count). The van der Waals surface area contributed by atoms with E-state index >= 15 is 0 Å². The third-order valence-electron chi connectivity index (χ3n) is 4.80. The summed E-state index contributed by atoms with van der Waals surface area (Å²) < 4.78 is 1.67. The average molecular weight is 339 g/mol. The summed E-state index contributed by atoms with van der Waals surface area (Å²) in [7, 11) is 0. The Morgan fingerprint density at radius 3 is 2.80 bits per heavy atom. The Bertz CT molecular complexity index is 812. The van der Waals surface area contributed by atoms with Gasteiger partial charge in [-0.15, -0.1) is 0 Å². The summed E-state index contributed by atoms with van der Waals surface area (Å²) in [5.41, 5.74) is 8.43. The molecule has 25 heavy (non-hydrogen) atoms. The number of aryl methyl sites for hydroxylation is 1. The summed E-state index contributed by atoms with van der Waals surface area (Å²) in [6.45, 7) is 2.65. The summed E-state index contributed by atoms with van der Waals surface area (Å²) in [6, 6.07) is 11.8. The van der Waals surface area contributed by atoms with Crippen molar-refractivity contribution in [3.05, 3.63) is 63.6 Å². The number of nitrogen functional groups attached to an aromatic ring is 1. The first-order chi connectivity index (χ1) is 12.1. The minimum absolute atomic E-state index is 0.0464. The van der Waals surface area contributed by atoms with Gasteiger partial charge in [0.2, 0.25) is 0 Å². The van der Waals surface area contributed by atoms with E-state index in [2.05, 4.69) is 17.4 Å². The van der Waals surface area contributed by atoms with Gasteiger partial charge in [0.1, 0.15) is 0 Å². The molecule has 1 amide bonds. The van der Waals surface area contributed by atoms with Crippen LogP contribution in [0.3, 0.4) is 0 Å². The van der Waals surface area contributed by atoms with Gasteiger partial charge in [0.25, 0.3) is 11.5 Å². The van der Waals surface area contributed by atoms with Gasteiger partial charge in [0.05, 0.1) is 11.3 Å². The highest BCUT2D eigenvalue weighted by Gasteiger charge is 2.21. The Morgan fingerprint density at radius 2 is 2.04 bits per heavy atom. The molecule has 5 heteroatoms. The molecule has 5 nitrogen and oxygen atoms in total. The molecule has 1 aromatic carbocycles. The molecular formula is C20H25N3O2. The van der Waals surface area contributed by atoms with E-state index in [0.29, 0.717) is 12.1 Å². The summed E-state index contributed by atoms with van der Waals surface area (Å²) >= 11 is 0. The molecular weight excluding hydrogens is 314 g/mol. The molecule has 0 radical (unpaired) electrons. The first kappa shape index (κ1) is 17.3. The second-order valence-electron chi connectivity index (χ2n) is 6.77. The van der Waals surface area contributed by atoms with Gasteiger partial charge in [-0.3, -0.25) is 9.59 Å². The smallest absolute Gasteiger partial charge is 0.273 e. The monoisotopic (exact) mass is 339 g/mol. The molecule has 132 valence electrons. The fourth-order valence-corrected chi connectivity index (χ4v) is 3.39. The van der Waals surface area contributed by atoms with Crippen LogP contribution < -0.4 is 16.6 Å². The van der Waals surface area contributed by atoms with Crippen LogP contribution in [0.1, 0.15) is 47.8 Å². The first-order valence-electron chi connectivity index (χ1n) is 8.93. The number of nitrogens with two attached hydrogens (primary N) is 1. The van der Waals surface area contributed by atoms with Gasteiger partial charge in [0, 0.05) is 18.3 Å². The van der Waals surface area contributed by atoms with Crippen LogP contribution in [-0.2, 0) is 19.4 Å². The largest absolute Gasteiger partial charge is 0.394 e. The van der Waals surface area contributed by atoms with E-state index in [1.165, 1.54) is 5.56 Å².